The van der Waals surface area contributed by atoms with Crippen LogP contribution < -0.4 is 10.2 Å². The zero-order valence-electron chi connectivity index (χ0n) is 13.5. The molecule has 0 radical (unpaired) electrons. The van der Waals surface area contributed by atoms with Crippen LogP contribution in [-0.4, -0.2) is 31.3 Å². The van der Waals surface area contributed by atoms with Gasteiger partial charge in [-0.2, -0.15) is 0 Å². The van der Waals surface area contributed by atoms with Crippen LogP contribution in [0.2, 0.25) is 0 Å². The first-order chi connectivity index (χ1) is 9.41. The van der Waals surface area contributed by atoms with Crippen molar-refractivity contribution in [3.05, 3.63) is 29.3 Å². The van der Waals surface area contributed by atoms with Crippen molar-refractivity contribution in [3.63, 3.8) is 0 Å². The fourth-order valence-electron chi connectivity index (χ4n) is 2.99. The number of morpholine rings is 1. The van der Waals surface area contributed by atoms with Crippen LogP contribution in [0.5, 0.6) is 0 Å². The summed E-state index contributed by atoms with van der Waals surface area (Å²) in [6.07, 6.45) is 0.278. The molecule has 112 valence electrons. The molecule has 1 saturated heterocycles. The lowest BCUT2D eigenvalue weighted by atomic mass is 10.0. The second-order valence-electron chi connectivity index (χ2n) is 6.46. The maximum Gasteiger partial charge on any atom is 0.0805 e. The Bertz CT molecular complexity index is 456. The van der Waals surface area contributed by atoms with Crippen molar-refractivity contribution in [2.75, 3.05) is 24.5 Å². The average molecular weight is 276 g/mol. The number of benzene rings is 1. The lowest BCUT2D eigenvalue weighted by Gasteiger charge is -2.43. The molecule has 0 aliphatic carbocycles. The molecule has 1 fully saturated rings. The van der Waals surface area contributed by atoms with E-state index in [1.165, 1.54) is 16.8 Å². The van der Waals surface area contributed by atoms with Crippen LogP contribution >= 0.6 is 0 Å². The molecule has 2 rings (SSSR count). The Kier molecular flexibility index (Phi) is 4.71. The van der Waals surface area contributed by atoms with E-state index in [4.69, 9.17) is 4.74 Å². The highest BCUT2D eigenvalue weighted by molar-refractivity contribution is 5.51. The van der Waals surface area contributed by atoms with Crippen molar-refractivity contribution in [2.45, 2.75) is 52.9 Å². The molecule has 1 aromatic carbocycles. The first-order valence-corrected chi connectivity index (χ1v) is 7.64. The SMILES string of the molecule is CCNCc1ccc(N2CC(C)OC(C)(C)C2)cc1C. The number of aryl methyl sites for hydroxylation is 1. The minimum Gasteiger partial charge on any atom is -0.369 e. The van der Waals surface area contributed by atoms with Crippen LogP contribution in [0.3, 0.4) is 0 Å². The predicted molar refractivity (Wildman–Crippen MR) is 85.4 cm³/mol. The highest BCUT2D eigenvalue weighted by atomic mass is 16.5. The van der Waals surface area contributed by atoms with Crippen molar-refractivity contribution in [1.82, 2.24) is 5.32 Å². The Labute approximate surface area is 123 Å². The second-order valence-corrected chi connectivity index (χ2v) is 6.46. The minimum absolute atomic E-state index is 0.0754. The van der Waals surface area contributed by atoms with Crippen molar-refractivity contribution in [2.24, 2.45) is 0 Å². The number of anilines is 1. The molecule has 20 heavy (non-hydrogen) atoms. The molecule has 1 N–H and O–H groups in total. The summed E-state index contributed by atoms with van der Waals surface area (Å²) in [4.78, 5) is 2.44. The number of ether oxygens (including phenoxy) is 1. The summed E-state index contributed by atoms with van der Waals surface area (Å²) in [5, 5.41) is 3.39. The number of nitrogens with one attached hydrogen (secondary N) is 1. The monoisotopic (exact) mass is 276 g/mol. The summed E-state index contributed by atoms with van der Waals surface area (Å²) in [5.74, 6) is 0. The summed E-state index contributed by atoms with van der Waals surface area (Å²) < 4.78 is 5.98. The van der Waals surface area contributed by atoms with Crippen LogP contribution in [0.1, 0.15) is 38.8 Å². The number of rotatable bonds is 4. The van der Waals surface area contributed by atoms with E-state index in [-0.39, 0.29) is 11.7 Å². The Morgan fingerprint density at radius 1 is 1.40 bits per heavy atom. The maximum absolute atomic E-state index is 5.98. The van der Waals surface area contributed by atoms with Gasteiger partial charge < -0.3 is 15.0 Å². The fourth-order valence-corrected chi connectivity index (χ4v) is 2.99. The van der Waals surface area contributed by atoms with Crippen LogP contribution in [0.4, 0.5) is 5.69 Å². The Hall–Kier alpha value is -1.06. The lowest BCUT2D eigenvalue weighted by molar-refractivity contribution is -0.0749. The summed E-state index contributed by atoms with van der Waals surface area (Å²) in [6.45, 7) is 14.7. The van der Waals surface area contributed by atoms with E-state index in [0.29, 0.717) is 0 Å². The molecule has 3 heteroatoms. The minimum atomic E-state index is -0.0754. The van der Waals surface area contributed by atoms with Gasteiger partial charge in [-0.15, -0.1) is 0 Å². The lowest BCUT2D eigenvalue weighted by Crippen LogP contribution is -2.52. The second kappa shape index (κ2) is 6.15. The summed E-state index contributed by atoms with van der Waals surface area (Å²) in [6, 6.07) is 6.80. The van der Waals surface area contributed by atoms with Gasteiger partial charge in [0.15, 0.2) is 0 Å². The topological polar surface area (TPSA) is 24.5 Å². The highest BCUT2D eigenvalue weighted by Crippen LogP contribution is 2.27. The van der Waals surface area contributed by atoms with Crippen LogP contribution in [-0.2, 0) is 11.3 Å². The summed E-state index contributed by atoms with van der Waals surface area (Å²) >= 11 is 0. The Morgan fingerprint density at radius 2 is 2.15 bits per heavy atom. The molecule has 0 spiro atoms. The van der Waals surface area contributed by atoms with Gasteiger partial charge in [-0.1, -0.05) is 13.0 Å². The number of hydrogen-bond donors (Lipinski definition) is 1. The number of hydrogen-bond acceptors (Lipinski definition) is 3. The molecule has 1 atom stereocenters. The maximum atomic E-state index is 5.98. The predicted octanol–water partition coefficient (Wildman–Crippen LogP) is 3.11. The van der Waals surface area contributed by atoms with Gasteiger partial charge in [-0.05, 0) is 57.5 Å². The van der Waals surface area contributed by atoms with E-state index in [0.717, 1.165) is 26.2 Å². The fraction of sp³-hybridized carbons (Fsp3) is 0.647. The molecule has 0 aromatic heterocycles. The third kappa shape index (κ3) is 3.74. The number of nitrogens with zero attached hydrogens (tertiary/aromatic N) is 1. The van der Waals surface area contributed by atoms with Gasteiger partial charge >= 0.3 is 0 Å². The molecule has 1 aliphatic heterocycles. The molecule has 1 aliphatic rings. The van der Waals surface area contributed by atoms with Gasteiger partial charge in [0.1, 0.15) is 0 Å². The highest BCUT2D eigenvalue weighted by Gasteiger charge is 2.31. The van der Waals surface area contributed by atoms with Gasteiger partial charge in [-0.3, -0.25) is 0 Å². The van der Waals surface area contributed by atoms with E-state index in [2.05, 4.69) is 63.0 Å². The van der Waals surface area contributed by atoms with Crippen molar-refractivity contribution in [3.8, 4) is 0 Å². The van der Waals surface area contributed by atoms with Gasteiger partial charge in [0, 0.05) is 25.3 Å². The first kappa shape index (κ1) is 15.3. The molecule has 0 bridgehead atoms. The van der Waals surface area contributed by atoms with Crippen LogP contribution in [0, 0.1) is 6.92 Å². The molecule has 1 unspecified atom stereocenters. The average Bonchev–Trinajstić information content (AvgIpc) is 2.35. The van der Waals surface area contributed by atoms with E-state index in [9.17, 15) is 0 Å². The van der Waals surface area contributed by atoms with Crippen molar-refractivity contribution in [1.29, 1.82) is 0 Å². The van der Waals surface area contributed by atoms with E-state index in [1.807, 2.05) is 0 Å². The first-order valence-electron chi connectivity index (χ1n) is 7.64. The van der Waals surface area contributed by atoms with Gasteiger partial charge in [0.05, 0.1) is 11.7 Å². The summed E-state index contributed by atoms with van der Waals surface area (Å²) in [5.41, 5.74) is 3.98. The molecular formula is C17H28N2O. The normalized spacial score (nSPS) is 22.1. The van der Waals surface area contributed by atoms with Gasteiger partial charge in [-0.25, -0.2) is 0 Å². The van der Waals surface area contributed by atoms with E-state index >= 15 is 0 Å². The van der Waals surface area contributed by atoms with Gasteiger partial charge in [0.25, 0.3) is 0 Å². The van der Waals surface area contributed by atoms with E-state index in [1.54, 1.807) is 0 Å². The molecule has 1 heterocycles. The van der Waals surface area contributed by atoms with E-state index < -0.39 is 0 Å². The third-order valence-corrected chi connectivity index (χ3v) is 3.83. The summed E-state index contributed by atoms with van der Waals surface area (Å²) in [7, 11) is 0. The largest absolute Gasteiger partial charge is 0.369 e. The van der Waals surface area contributed by atoms with Crippen LogP contribution in [0.25, 0.3) is 0 Å². The Balaban J connectivity index is 2.14. The van der Waals surface area contributed by atoms with Gasteiger partial charge in [0.2, 0.25) is 0 Å². The molecular weight excluding hydrogens is 248 g/mol. The molecule has 0 saturated carbocycles. The standard InChI is InChI=1S/C17H28N2O/c1-6-18-10-15-7-8-16(9-13(15)2)19-11-14(3)20-17(4,5)12-19/h7-9,14,18H,6,10-12H2,1-5H3. The quantitative estimate of drug-likeness (QED) is 0.914. The zero-order valence-corrected chi connectivity index (χ0v) is 13.5. The van der Waals surface area contributed by atoms with Crippen LogP contribution in [0.15, 0.2) is 18.2 Å². The van der Waals surface area contributed by atoms with Crippen molar-refractivity contribution >= 4 is 5.69 Å². The molecule has 0 amide bonds. The third-order valence-electron chi connectivity index (χ3n) is 3.83. The zero-order chi connectivity index (χ0) is 14.8. The molecule has 3 nitrogen and oxygen atoms in total. The Morgan fingerprint density at radius 3 is 2.75 bits per heavy atom. The van der Waals surface area contributed by atoms with Crippen molar-refractivity contribution < 1.29 is 4.74 Å². The molecule has 1 aromatic rings. The smallest absolute Gasteiger partial charge is 0.0805 e.